The van der Waals surface area contributed by atoms with E-state index in [-0.39, 0.29) is 0 Å². The molecule has 0 amide bonds. The van der Waals surface area contributed by atoms with Gasteiger partial charge in [0.25, 0.3) is 0 Å². The summed E-state index contributed by atoms with van der Waals surface area (Å²) in [5.74, 6) is 0. The van der Waals surface area contributed by atoms with Gasteiger partial charge in [0.2, 0.25) is 0 Å². The van der Waals surface area contributed by atoms with E-state index >= 15 is 0 Å². The summed E-state index contributed by atoms with van der Waals surface area (Å²) >= 11 is 9.88. The topological polar surface area (TPSA) is 3.24 Å². The van der Waals surface area contributed by atoms with Crippen molar-refractivity contribution in [2.24, 2.45) is 0 Å². The molecule has 0 aromatic heterocycles. The van der Waals surface area contributed by atoms with E-state index in [2.05, 4.69) is 4.90 Å². The largest absolute Gasteiger partial charge is 0.411 e. The second-order valence-electron chi connectivity index (χ2n) is 3.17. The molecule has 1 aliphatic carbocycles. The lowest BCUT2D eigenvalue weighted by Gasteiger charge is -2.35. The van der Waals surface area contributed by atoms with Gasteiger partial charge in [-0.25, -0.2) is 0 Å². The molecule has 11 heavy (non-hydrogen) atoms. The first-order valence-electron chi connectivity index (χ1n) is 4.15. The maximum absolute atomic E-state index is 4.94. The first-order chi connectivity index (χ1) is 5.22. The van der Waals surface area contributed by atoms with E-state index in [0.717, 1.165) is 0 Å². The minimum atomic E-state index is 0.622. The highest BCUT2D eigenvalue weighted by Crippen LogP contribution is 2.21. The number of nitrogens with zero attached hydrogens (tertiary/aromatic N) is 1. The monoisotopic (exact) mass is 188 g/mol. The van der Waals surface area contributed by atoms with Gasteiger partial charge in [-0.3, -0.25) is 0 Å². The summed E-state index contributed by atoms with van der Waals surface area (Å²) in [6.45, 7) is 0. The molecule has 0 atom stereocenters. The van der Waals surface area contributed by atoms with Crippen LogP contribution in [0.4, 0.5) is 0 Å². The summed E-state index contributed by atoms with van der Waals surface area (Å²) in [5, 5.41) is 0. The number of thiocarbonyl (C=S) groups is 1. The predicted octanol–water partition coefficient (Wildman–Crippen LogP) is 2.08. The average Bonchev–Trinajstić information content (AvgIpc) is 2.05. The second kappa shape index (κ2) is 4.21. The summed E-state index contributed by atoms with van der Waals surface area (Å²) in [6, 6.07) is 0.633. The van der Waals surface area contributed by atoms with Crippen LogP contribution in [-0.4, -0.2) is 22.3 Å². The van der Waals surface area contributed by atoms with Crippen LogP contribution in [-0.2, 0) is 12.6 Å². The highest BCUT2D eigenvalue weighted by Gasteiger charge is 2.15. The summed E-state index contributed by atoms with van der Waals surface area (Å²) in [7, 11) is 2.02. The van der Waals surface area contributed by atoms with Crippen LogP contribution in [0.1, 0.15) is 32.1 Å². The highest BCUT2D eigenvalue weighted by atomic mass is 32.1. The fraction of sp³-hybridized carbons (Fsp3) is 0.875. The van der Waals surface area contributed by atoms with Crippen LogP contribution in [0.2, 0.25) is 0 Å². The molecule has 0 bridgehead atoms. The summed E-state index contributed by atoms with van der Waals surface area (Å²) in [4.78, 5) is 2.07. The van der Waals surface area contributed by atoms with Crippen molar-refractivity contribution in [1.29, 1.82) is 0 Å². The zero-order valence-corrected chi connectivity index (χ0v) is 8.51. The molecule has 0 aromatic rings. The highest BCUT2D eigenvalue weighted by molar-refractivity contribution is 8.00. The maximum Gasteiger partial charge on any atom is 0.0271 e. The van der Waals surface area contributed by atoms with Crippen molar-refractivity contribution in [3.8, 4) is 0 Å². The van der Waals surface area contributed by atoms with Crippen LogP contribution >= 0.6 is 12.2 Å². The Morgan fingerprint density at radius 2 is 1.91 bits per heavy atom. The maximum atomic E-state index is 4.94. The third-order valence-corrected chi connectivity index (χ3v) is 2.99. The molecule has 0 radical (unpaired) electrons. The minimum Gasteiger partial charge on any atom is -0.411 e. The van der Waals surface area contributed by atoms with Gasteiger partial charge in [0, 0.05) is 13.1 Å². The number of rotatable bonds is 1. The molecule has 3 heteroatoms. The Hall–Kier alpha value is 0.110. The molecule has 64 valence electrons. The zero-order chi connectivity index (χ0) is 8.27. The predicted molar refractivity (Wildman–Crippen MR) is 54.6 cm³/mol. The fourth-order valence-corrected chi connectivity index (χ4v) is 1.92. The standard InChI is InChI=1S/C8H15NS2/c1-9(8(10)11)7-5-3-2-4-6-7/h7H,2-6H2,1H3,(H,10,11)/p-1. The van der Waals surface area contributed by atoms with E-state index in [1.54, 1.807) is 0 Å². The molecule has 1 nitrogen and oxygen atoms in total. The van der Waals surface area contributed by atoms with Gasteiger partial charge in [0.15, 0.2) is 0 Å². The second-order valence-corrected chi connectivity index (χ2v) is 4.20. The van der Waals surface area contributed by atoms with E-state index in [9.17, 15) is 0 Å². The first kappa shape index (κ1) is 9.20. The van der Waals surface area contributed by atoms with Crippen LogP contribution in [0.5, 0.6) is 0 Å². The zero-order valence-electron chi connectivity index (χ0n) is 6.88. The Labute approximate surface area is 79.6 Å². The quantitative estimate of drug-likeness (QED) is 0.458. The molecule has 1 aliphatic rings. The van der Waals surface area contributed by atoms with Crippen LogP contribution in [0, 0.1) is 0 Å². The summed E-state index contributed by atoms with van der Waals surface area (Å²) in [6.07, 6.45) is 6.61. The van der Waals surface area contributed by atoms with Gasteiger partial charge in [0.05, 0.1) is 0 Å². The molecule has 0 aliphatic heterocycles. The summed E-state index contributed by atoms with van der Waals surface area (Å²) < 4.78 is 0.622. The van der Waals surface area contributed by atoms with Gasteiger partial charge in [-0.15, -0.1) is 0 Å². The van der Waals surface area contributed by atoms with Crippen LogP contribution in [0.3, 0.4) is 0 Å². The van der Waals surface area contributed by atoms with E-state index < -0.39 is 0 Å². The Morgan fingerprint density at radius 1 is 1.36 bits per heavy atom. The third kappa shape index (κ3) is 2.56. The first-order valence-corrected chi connectivity index (χ1v) is 4.97. The Kier molecular flexibility index (Phi) is 3.52. The van der Waals surface area contributed by atoms with Crippen molar-refractivity contribution in [3.05, 3.63) is 0 Å². The molecule has 1 fully saturated rings. The van der Waals surface area contributed by atoms with E-state index in [4.69, 9.17) is 24.8 Å². The lowest BCUT2D eigenvalue weighted by atomic mass is 9.95. The smallest absolute Gasteiger partial charge is 0.0271 e. The number of hydrogen-bond acceptors (Lipinski definition) is 2. The van der Waals surface area contributed by atoms with Crippen molar-refractivity contribution in [1.82, 2.24) is 4.90 Å². The summed E-state index contributed by atoms with van der Waals surface area (Å²) in [5.41, 5.74) is 0. The van der Waals surface area contributed by atoms with Crippen molar-refractivity contribution in [2.45, 2.75) is 38.1 Å². The van der Waals surface area contributed by atoms with Crippen molar-refractivity contribution < 1.29 is 0 Å². The minimum absolute atomic E-state index is 0.622. The Balaban J connectivity index is 2.38. The van der Waals surface area contributed by atoms with Gasteiger partial charge >= 0.3 is 0 Å². The fourth-order valence-electron chi connectivity index (χ4n) is 1.62. The van der Waals surface area contributed by atoms with E-state index in [1.807, 2.05) is 7.05 Å². The van der Waals surface area contributed by atoms with Gasteiger partial charge in [0.1, 0.15) is 0 Å². The van der Waals surface area contributed by atoms with Crippen molar-refractivity contribution in [3.63, 3.8) is 0 Å². The molecule has 0 saturated heterocycles. The third-order valence-electron chi connectivity index (χ3n) is 2.41. The normalized spacial score (nSPS) is 19.7. The average molecular weight is 188 g/mol. The van der Waals surface area contributed by atoms with E-state index in [1.165, 1.54) is 32.1 Å². The molecule has 0 aromatic carbocycles. The van der Waals surface area contributed by atoms with Crippen LogP contribution in [0.15, 0.2) is 0 Å². The Morgan fingerprint density at radius 3 is 2.36 bits per heavy atom. The van der Waals surface area contributed by atoms with Gasteiger partial charge in [-0.1, -0.05) is 23.6 Å². The van der Waals surface area contributed by atoms with E-state index in [0.29, 0.717) is 10.4 Å². The molecular weight excluding hydrogens is 174 g/mol. The van der Waals surface area contributed by atoms with Crippen LogP contribution < -0.4 is 0 Å². The molecule has 0 spiro atoms. The van der Waals surface area contributed by atoms with Crippen molar-refractivity contribution in [2.75, 3.05) is 7.05 Å². The van der Waals surface area contributed by atoms with Crippen molar-refractivity contribution >= 4 is 29.2 Å². The molecule has 0 heterocycles. The lowest BCUT2D eigenvalue weighted by molar-refractivity contribution is 0.285. The SMILES string of the molecule is CN(C(=S)[S-])C1CCCCC1. The molecular formula is C8H14NS2-. The molecule has 1 saturated carbocycles. The number of hydrogen-bond donors (Lipinski definition) is 0. The molecule has 0 unspecified atom stereocenters. The van der Waals surface area contributed by atoms with Gasteiger partial charge in [-0.2, -0.15) is 0 Å². The van der Waals surface area contributed by atoms with Gasteiger partial charge in [-0.05, 0) is 12.8 Å². The van der Waals surface area contributed by atoms with Gasteiger partial charge < -0.3 is 29.7 Å². The Bertz CT molecular complexity index is 141. The molecule has 0 N–H and O–H groups in total. The molecule has 1 rings (SSSR count). The lowest BCUT2D eigenvalue weighted by Crippen LogP contribution is -2.36. The van der Waals surface area contributed by atoms with Crippen LogP contribution in [0.25, 0.3) is 0 Å².